The average Bonchev–Trinajstić information content (AvgIpc) is 3.35. The number of benzene rings is 2. The van der Waals surface area contributed by atoms with Gasteiger partial charge in [-0.05, 0) is 49.7 Å². The Morgan fingerprint density at radius 2 is 1.80 bits per heavy atom. The van der Waals surface area contributed by atoms with Crippen LogP contribution in [0.2, 0.25) is 0 Å². The fourth-order valence-electron chi connectivity index (χ4n) is 4.21. The van der Waals surface area contributed by atoms with E-state index in [1.807, 2.05) is 19.1 Å². The number of hydrogen-bond donors (Lipinski definition) is 1. The Balaban J connectivity index is 1.52. The lowest BCUT2D eigenvalue weighted by Gasteiger charge is -2.33. The molecule has 220 valence electrons. The van der Waals surface area contributed by atoms with Gasteiger partial charge in [0.2, 0.25) is 0 Å². The van der Waals surface area contributed by atoms with Crippen LogP contribution in [0, 0.1) is 6.92 Å². The van der Waals surface area contributed by atoms with Gasteiger partial charge in [0.25, 0.3) is 0 Å². The third kappa shape index (κ3) is 7.92. The van der Waals surface area contributed by atoms with E-state index in [2.05, 4.69) is 4.90 Å². The molecule has 1 N–H and O–H groups in total. The number of carboxylic acids is 1. The SMILES string of the molecule is COC(=O)N1CCN(Cc2nc(-c3ccc(C(F)(F)F)cc3)sc2CSc2ccc(OC(C)C(=O)O)c(C)c2)CC1. The summed E-state index contributed by atoms with van der Waals surface area (Å²) in [7, 11) is 1.36. The summed E-state index contributed by atoms with van der Waals surface area (Å²) in [6, 6.07) is 10.6. The molecule has 0 saturated carbocycles. The van der Waals surface area contributed by atoms with Gasteiger partial charge in [-0.1, -0.05) is 12.1 Å². The molecule has 2 aromatic carbocycles. The fraction of sp³-hybridized carbons (Fsp3) is 0.393. The van der Waals surface area contributed by atoms with Crippen molar-refractivity contribution in [3.63, 3.8) is 0 Å². The van der Waals surface area contributed by atoms with Gasteiger partial charge < -0.3 is 19.5 Å². The van der Waals surface area contributed by atoms with Crippen LogP contribution in [0.25, 0.3) is 10.6 Å². The summed E-state index contributed by atoms with van der Waals surface area (Å²) in [6.45, 7) is 6.21. The van der Waals surface area contributed by atoms with E-state index in [9.17, 15) is 22.8 Å². The summed E-state index contributed by atoms with van der Waals surface area (Å²) in [4.78, 5) is 33.6. The third-order valence-corrected chi connectivity index (χ3v) is 8.93. The number of aryl methyl sites for hydroxylation is 1. The maximum Gasteiger partial charge on any atom is 0.416 e. The number of hydrogen-bond acceptors (Lipinski definition) is 8. The van der Waals surface area contributed by atoms with E-state index in [0.29, 0.717) is 54.8 Å². The highest BCUT2D eigenvalue weighted by molar-refractivity contribution is 7.98. The number of halogens is 3. The highest BCUT2D eigenvalue weighted by atomic mass is 32.2. The van der Waals surface area contributed by atoms with Crippen molar-refractivity contribution in [3.05, 3.63) is 64.2 Å². The van der Waals surface area contributed by atoms with Gasteiger partial charge in [-0.15, -0.1) is 23.1 Å². The number of carboxylic acid groups (broad SMARTS) is 1. The number of methoxy groups -OCH3 is 1. The van der Waals surface area contributed by atoms with Crippen molar-refractivity contribution in [2.24, 2.45) is 0 Å². The lowest BCUT2D eigenvalue weighted by atomic mass is 10.1. The van der Waals surface area contributed by atoms with Gasteiger partial charge in [0.15, 0.2) is 6.10 Å². The van der Waals surface area contributed by atoms with E-state index < -0.39 is 23.8 Å². The summed E-state index contributed by atoms with van der Waals surface area (Å²) in [5.74, 6) is 0.0375. The minimum absolute atomic E-state index is 0.357. The minimum atomic E-state index is -4.41. The van der Waals surface area contributed by atoms with E-state index in [1.54, 1.807) is 22.7 Å². The molecule has 1 aromatic heterocycles. The quantitative estimate of drug-likeness (QED) is 0.288. The van der Waals surface area contributed by atoms with Crippen molar-refractivity contribution in [1.82, 2.24) is 14.8 Å². The summed E-state index contributed by atoms with van der Waals surface area (Å²) in [6.07, 6.45) is -5.74. The Bertz CT molecular complexity index is 1370. The highest BCUT2D eigenvalue weighted by Gasteiger charge is 2.30. The van der Waals surface area contributed by atoms with Crippen molar-refractivity contribution in [3.8, 4) is 16.3 Å². The first-order chi connectivity index (χ1) is 19.4. The highest BCUT2D eigenvalue weighted by Crippen LogP contribution is 2.36. The van der Waals surface area contributed by atoms with Crippen molar-refractivity contribution in [2.75, 3.05) is 33.3 Å². The molecule has 1 amide bonds. The molecule has 2 heterocycles. The number of nitrogens with zero attached hydrogens (tertiary/aromatic N) is 3. The largest absolute Gasteiger partial charge is 0.479 e. The van der Waals surface area contributed by atoms with Crippen LogP contribution in [-0.4, -0.2) is 71.3 Å². The third-order valence-electron chi connectivity index (χ3n) is 6.58. The van der Waals surface area contributed by atoms with Crippen LogP contribution in [0.1, 0.15) is 28.6 Å². The molecule has 1 aliphatic rings. The molecule has 1 saturated heterocycles. The number of thiazole rings is 1. The molecular formula is C28H30F3N3O5S2. The number of amides is 1. The van der Waals surface area contributed by atoms with Crippen LogP contribution in [0.3, 0.4) is 0 Å². The van der Waals surface area contributed by atoms with Crippen LogP contribution < -0.4 is 4.74 Å². The van der Waals surface area contributed by atoms with Crippen LogP contribution in [0.5, 0.6) is 5.75 Å². The predicted molar refractivity (Wildman–Crippen MR) is 150 cm³/mol. The number of aromatic nitrogens is 1. The number of thioether (sulfide) groups is 1. The second-order valence-electron chi connectivity index (χ2n) is 9.51. The Kier molecular flexibility index (Phi) is 9.82. The van der Waals surface area contributed by atoms with Gasteiger partial charge in [-0.25, -0.2) is 14.6 Å². The van der Waals surface area contributed by atoms with Gasteiger partial charge in [0.05, 0.1) is 18.4 Å². The first-order valence-electron chi connectivity index (χ1n) is 12.8. The number of carbonyl (C=O) groups excluding carboxylic acids is 1. The molecule has 8 nitrogen and oxygen atoms in total. The molecule has 1 aliphatic heterocycles. The van der Waals surface area contributed by atoms with E-state index in [4.69, 9.17) is 19.6 Å². The van der Waals surface area contributed by atoms with E-state index >= 15 is 0 Å². The number of aliphatic carboxylic acids is 1. The summed E-state index contributed by atoms with van der Waals surface area (Å²) >= 11 is 3.03. The minimum Gasteiger partial charge on any atom is -0.479 e. The Labute approximate surface area is 244 Å². The lowest BCUT2D eigenvalue weighted by Crippen LogP contribution is -2.48. The van der Waals surface area contributed by atoms with Gasteiger partial charge in [0.1, 0.15) is 10.8 Å². The zero-order valence-electron chi connectivity index (χ0n) is 22.7. The number of alkyl halides is 3. The van der Waals surface area contributed by atoms with E-state index in [1.165, 1.54) is 37.5 Å². The molecular weight excluding hydrogens is 579 g/mol. The van der Waals surface area contributed by atoms with Gasteiger partial charge in [-0.2, -0.15) is 13.2 Å². The standard InChI is InChI=1S/C28H30F3N3O5S2/c1-17-14-21(8-9-23(17)39-18(2)26(35)36)40-16-24-22(15-33-10-12-34(13-11-33)27(37)38-3)32-25(41-24)19-4-6-20(7-5-19)28(29,30)31/h4-9,14,18H,10-13,15-16H2,1-3H3,(H,35,36). The number of carbonyl (C=O) groups is 2. The zero-order valence-corrected chi connectivity index (χ0v) is 24.4. The van der Waals surface area contributed by atoms with Gasteiger partial charge in [0, 0.05) is 53.8 Å². The second-order valence-corrected chi connectivity index (χ2v) is 11.6. The summed E-state index contributed by atoms with van der Waals surface area (Å²) < 4.78 is 49.6. The van der Waals surface area contributed by atoms with Crippen molar-refractivity contribution in [2.45, 2.75) is 43.3 Å². The molecule has 0 spiro atoms. The zero-order chi connectivity index (χ0) is 29.7. The first kappa shape index (κ1) is 30.7. The molecule has 1 unspecified atom stereocenters. The fourth-order valence-corrected chi connectivity index (χ4v) is 6.38. The molecule has 4 rings (SSSR count). The number of piperazine rings is 1. The Morgan fingerprint density at radius 1 is 1.12 bits per heavy atom. The molecule has 1 atom stereocenters. The molecule has 0 bridgehead atoms. The monoisotopic (exact) mass is 609 g/mol. The summed E-state index contributed by atoms with van der Waals surface area (Å²) in [5, 5.41) is 9.75. The Morgan fingerprint density at radius 3 is 2.39 bits per heavy atom. The molecule has 3 aromatic rings. The molecule has 13 heteroatoms. The maximum absolute atomic E-state index is 13.1. The van der Waals surface area contributed by atoms with Gasteiger partial charge >= 0.3 is 18.2 Å². The van der Waals surface area contributed by atoms with E-state index in [-0.39, 0.29) is 6.09 Å². The van der Waals surface area contributed by atoms with Crippen LogP contribution in [0.4, 0.5) is 18.0 Å². The molecule has 0 radical (unpaired) electrons. The predicted octanol–water partition coefficient (Wildman–Crippen LogP) is 6.17. The van der Waals surface area contributed by atoms with Crippen LogP contribution >= 0.6 is 23.1 Å². The second kappa shape index (κ2) is 13.1. The van der Waals surface area contributed by atoms with Crippen molar-refractivity contribution < 1.29 is 37.3 Å². The number of rotatable bonds is 9. The molecule has 1 fully saturated rings. The average molecular weight is 610 g/mol. The van der Waals surface area contributed by atoms with Gasteiger partial charge in [-0.3, -0.25) is 4.90 Å². The first-order valence-corrected chi connectivity index (χ1v) is 14.6. The molecule has 41 heavy (non-hydrogen) atoms. The topological polar surface area (TPSA) is 92.2 Å². The maximum atomic E-state index is 13.1. The summed E-state index contributed by atoms with van der Waals surface area (Å²) in [5.41, 5.74) is 1.55. The molecule has 0 aliphatic carbocycles. The Hall–Kier alpha value is -3.29. The normalized spacial score (nSPS) is 15.0. The smallest absolute Gasteiger partial charge is 0.416 e. The van der Waals surface area contributed by atoms with Crippen molar-refractivity contribution in [1.29, 1.82) is 0 Å². The number of ether oxygens (including phenoxy) is 2. The van der Waals surface area contributed by atoms with Crippen LogP contribution in [-0.2, 0) is 28.0 Å². The van der Waals surface area contributed by atoms with E-state index in [0.717, 1.165) is 33.2 Å². The van der Waals surface area contributed by atoms with Crippen LogP contribution in [0.15, 0.2) is 47.4 Å². The lowest BCUT2D eigenvalue weighted by molar-refractivity contribution is -0.144. The van der Waals surface area contributed by atoms with Crippen molar-refractivity contribution >= 4 is 35.2 Å².